The number of hydrogen-bond acceptors (Lipinski definition) is 3. The van der Waals surface area contributed by atoms with Gasteiger partial charge < -0.3 is 10.2 Å². The first kappa shape index (κ1) is 12.7. The van der Waals surface area contributed by atoms with E-state index in [1.165, 1.54) is 12.1 Å². The van der Waals surface area contributed by atoms with Crippen molar-refractivity contribution >= 4 is 17.4 Å². The third-order valence-electron chi connectivity index (χ3n) is 3.47. The summed E-state index contributed by atoms with van der Waals surface area (Å²) in [6.07, 6.45) is 0.757. The molecule has 0 saturated carbocycles. The number of rotatable bonds is 2. The summed E-state index contributed by atoms with van der Waals surface area (Å²) in [7, 11) is 0. The normalized spacial score (nSPS) is 14.0. The summed E-state index contributed by atoms with van der Waals surface area (Å²) in [5.74, 6) is 0.398. The van der Waals surface area contributed by atoms with Gasteiger partial charge in [-0.3, -0.25) is 9.89 Å². The van der Waals surface area contributed by atoms with Gasteiger partial charge in [0.2, 0.25) is 5.91 Å². The number of aromatic nitrogens is 2. The number of carbonyl (C=O) groups excluding carboxylic acids is 1. The van der Waals surface area contributed by atoms with E-state index in [-0.39, 0.29) is 11.7 Å². The van der Waals surface area contributed by atoms with E-state index >= 15 is 0 Å². The Bertz CT molecular complexity index is 652. The van der Waals surface area contributed by atoms with Crippen molar-refractivity contribution in [2.45, 2.75) is 19.9 Å². The van der Waals surface area contributed by atoms with Crippen LogP contribution in [0, 0.1) is 5.82 Å². The summed E-state index contributed by atoms with van der Waals surface area (Å²) in [4.78, 5) is 13.2. The fourth-order valence-corrected chi connectivity index (χ4v) is 2.37. The maximum absolute atomic E-state index is 13.2. The number of hydrogen-bond donors (Lipinski definition) is 2. The van der Waals surface area contributed by atoms with Gasteiger partial charge in [-0.15, -0.1) is 0 Å². The molecule has 0 spiro atoms. The highest BCUT2D eigenvalue weighted by Gasteiger charge is 2.23. The van der Waals surface area contributed by atoms with Gasteiger partial charge in [0.25, 0.3) is 0 Å². The van der Waals surface area contributed by atoms with E-state index in [4.69, 9.17) is 0 Å². The molecule has 0 unspecified atom stereocenters. The Morgan fingerprint density at radius 3 is 3.10 bits per heavy atom. The maximum Gasteiger partial charge on any atom is 0.219 e. The second kappa shape index (κ2) is 4.96. The highest BCUT2D eigenvalue weighted by Crippen LogP contribution is 2.26. The van der Waals surface area contributed by atoms with E-state index in [0.29, 0.717) is 24.6 Å². The van der Waals surface area contributed by atoms with Gasteiger partial charge in [0.05, 0.1) is 6.54 Å². The number of anilines is 2. The number of aromatic amines is 1. The molecular formula is C14H15FN4O. The van der Waals surface area contributed by atoms with Crippen LogP contribution in [0.2, 0.25) is 0 Å². The number of H-pyrrole nitrogens is 1. The first-order valence-electron chi connectivity index (χ1n) is 6.47. The Labute approximate surface area is 115 Å². The number of amides is 1. The number of nitrogens with zero attached hydrogens (tertiary/aromatic N) is 2. The van der Waals surface area contributed by atoms with Crippen LogP contribution in [0.5, 0.6) is 0 Å². The van der Waals surface area contributed by atoms with E-state index in [0.717, 1.165) is 17.7 Å². The lowest BCUT2D eigenvalue weighted by Crippen LogP contribution is -2.34. The molecule has 2 heterocycles. The molecule has 0 radical (unpaired) electrons. The first-order chi connectivity index (χ1) is 9.63. The van der Waals surface area contributed by atoms with Crippen LogP contribution in [0.3, 0.4) is 0 Å². The van der Waals surface area contributed by atoms with Crippen molar-refractivity contribution in [1.29, 1.82) is 0 Å². The molecule has 0 aliphatic carbocycles. The zero-order valence-corrected chi connectivity index (χ0v) is 11.1. The molecule has 104 valence electrons. The van der Waals surface area contributed by atoms with Gasteiger partial charge in [-0.25, -0.2) is 4.39 Å². The van der Waals surface area contributed by atoms with E-state index in [1.807, 2.05) is 0 Å². The third kappa shape index (κ3) is 2.36. The van der Waals surface area contributed by atoms with E-state index in [1.54, 1.807) is 24.0 Å². The molecule has 0 bridgehead atoms. The lowest BCUT2D eigenvalue weighted by Gasteiger charge is -2.25. The Morgan fingerprint density at radius 2 is 2.35 bits per heavy atom. The first-order valence-corrected chi connectivity index (χ1v) is 6.47. The van der Waals surface area contributed by atoms with Crippen LogP contribution in [0.4, 0.5) is 15.9 Å². The predicted octanol–water partition coefficient (Wildman–Crippen LogP) is 2.20. The van der Waals surface area contributed by atoms with Gasteiger partial charge in [0.1, 0.15) is 5.82 Å². The van der Waals surface area contributed by atoms with E-state index in [2.05, 4.69) is 15.5 Å². The molecule has 0 fully saturated rings. The molecule has 2 aromatic rings. The van der Waals surface area contributed by atoms with Crippen molar-refractivity contribution in [2.24, 2.45) is 0 Å². The summed E-state index contributed by atoms with van der Waals surface area (Å²) < 4.78 is 13.2. The number of fused-ring (bicyclic) bond motifs is 1. The summed E-state index contributed by atoms with van der Waals surface area (Å²) in [6.45, 7) is 2.79. The molecule has 1 aromatic carbocycles. The Kier molecular flexibility index (Phi) is 3.14. The van der Waals surface area contributed by atoms with Crippen molar-refractivity contribution in [1.82, 2.24) is 15.1 Å². The average molecular weight is 274 g/mol. The predicted molar refractivity (Wildman–Crippen MR) is 73.1 cm³/mol. The molecule has 5 nitrogen and oxygen atoms in total. The SMILES string of the molecule is CC(=O)N1CCc2[nH]nc(Nc3cccc(F)c3)c2C1. The number of halogens is 1. The monoisotopic (exact) mass is 274 g/mol. The van der Waals surface area contributed by atoms with Crippen LogP contribution in [0.25, 0.3) is 0 Å². The number of nitrogens with one attached hydrogen (secondary N) is 2. The molecule has 1 aliphatic rings. The molecule has 1 aromatic heterocycles. The fourth-order valence-electron chi connectivity index (χ4n) is 2.37. The number of carbonyl (C=O) groups is 1. The maximum atomic E-state index is 13.2. The largest absolute Gasteiger partial charge is 0.338 e. The second-order valence-electron chi connectivity index (χ2n) is 4.86. The van der Waals surface area contributed by atoms with Crippen molar-refractivity contribution in [2.75, 3.05) is 11.9 Å². The summed E-state index contributed by atoms with van der Waals surface area (Å²) in [6, 6.07) is 6.21. The van der Waals surface area contributed by atoms with Gasteiger partial charge in [-0.05, 0) is 18.2 Å². The van der Waals surface area contributed by atoms with Crippen LogP contribution in [-0.2, 0) is 17.8 Å². The Hall–Kier alpha value is -2.37. The Balaban J connectivity index is 1.86. The van der Waals surface area contributed by atoms with Crippen LogP contribution < -0.4 is 5.32 Å². The molecule has 2 N–H and O–H groups in total. The zero-order valence-electron chi connectivity index (χ0n) is 11.1. The quantitative estimate of drug-likeness (QED) is 0.882. The van der Waals surface area contributed by atoms with Crippen molar-refractivity contribution in [3.63, 3.8) is 0 Å². The minimum Gasteiger partial charge on any atom is -0.338 e. The molecular weight excluding hydrogens is 259 g/mol. The lowest BCUT2D eigenvalue weighted by molar-refractivity contribution is -0.129. The molecule has 1 aliphatic heterocycles. The Morgan fingerprint density at radius 1 is 1.50 bits per heavy atom. The molecule has 1 amide bonds. The topological polar surface area (TPSA) is 61.0 Å². The fraction of sp³-hybridized carbons (Fsp3) is 0.286. The highest BCUT2D eigenvalue weighted by molar-refractivity contribution is 5.74. The average Bonchev–Trinajstić information content (AvgIpc) is 2.81. The van der Waals surface area contributed by atoms with E-state index in [9.17, 15) is 9.18 Å². The summed E-state index contributed by atoms with van der Waals surface area (Å²) >= 11 is 0. The van der Waals surface area contributed by atoms with Gasteiger partial charge >= 0.3 is 0 Å². The van der Waals surface area contributed by atoms with Gasteiger partial charge in [0.15, 0.2) is 5.82 Å². The highest BCUT2D eigenvalue weighted by atomic mass is 19.1. The van der Waals surface area contributed by atoms with Crippen LogP contribution in [0.15, 0.2) is 24.3 Å². The van der Waals surface area contributed by atoms with Crippen molar-refractivity contribution in [3.05, 3.63) is 41.3 Å². The van der Waals surface area contributed by atoms with Crippen molar-refractivity contribution in [3.8, 4) is 0 Å². The zero-order chi connectivity index (χ0) is 14.1. The summed E-state index contributed by atoms with van der Waals surface area (Å²) in [5.41, 5.74) is 2.64. The molecule has 0 saturated heterocycles. The minimum absolute atomic E-state index is 0.0496. The van der Waals surface area contributed by atoms with Gasteiger partial charge in [-0.1, -0.05) is 6.07 Å². The smallest absolute Gasteiger partial charge is 0.219 e. The van der Waals surface area contributed by atoms with E-state index < -0.39 is 0 Å². The molecule has 0 atom stereocenters. The van der Waals surface area contributed by atoms with Crippen LogP contribution in [-0.4, -0.2) is 27.5 Å². The lowest BCUT2D eigenvalue weighted by atomic mass is 10.1. The second-order valence-corrected chi connectivity index (χ2v) is 4.86. The minimum atomic E-state index is -0.301. The third-order valence-corrected chi connectivity index (χ3v) is 3.47. The molecule has 6 heteroatoms. The van der Waals surface area contributed by atoms with Gasteiger partial charge in [-0.2, -0.15) is 5.10 Å². The van der Waals surface area contributed by atoms with Crippen LogP contribution >= 0.6 is 0 Å². The molecule has 3 rings (SSSR count). The van der Waals surface area contributed by atoms with Crippen molar-refractivity contribution < 1.29 is 9.18 Å². The molecule has 20 heavy (non-hydrogen) atoms. The van der Waals surface area contributed by atoms with Gasteiger partial charge in [0, 0.05) is 36.8 Å². The van der Waals surface area contributed by atoms with Crippen LogP contribution in [0.1, 0.15) is 18.2 Å². The summed E-state index contributed by atoms with van der Waals surface area (Å²) in [5, 5.41) is 10.3. The standard InChI is InChI=1S/C14H15FN4O/c1-9(20)19-6-5-13-12(8-19)14(18-17-13)16-11-4-2-3-10(15)7-11/h2-4,7H,5-6,8H2,1H3,(H2,16,17,18). The number of benzene rings is 1.